The lowest BCUT2D eigenvalue weighted by Gasteiger charge is -2.10. The first-order valence-electron chi connectivity index (χ1n) is 6.61. The molecule has 3 aromatic heterocycles. The van der Waals surface area contributed by atoms with E-state index in [4.69, 9.17) is 10.2 Å². The van der Waals surface area contributed by atoms with Crippen LogP contribution >= 0.6 is 23.1 Å². The normalized spacial score (nSPS) is 12.4. The third-order valence-electron chi connectivity index (χ3n) is 3.00. The Balaban J connectivity index is 1.64. The maximum absolute atomic E-state index is 12.1. The number of furan rings is 1. The average Bonchev–Trinajstić information content (AvgIpc) is 3.15. The van der Waals surface area contributed by atoms with Gasteiger partial charge in [0.05, 0.1) is 23.4 Å². The van der Waals surface area contributed by atoms with Gasteiger partial charge in [-0.1, -0.05) is 11.8 Å². The van der Waals surface area contributed by atoms with E-state index in [-0.39, 0.29) is 11.2 Å². The molecule has 3 aromatic rings. The molecule has 0 bridgehead atoms. The number of anilines is 1. The second-order valence-electron chi connectivity index (χ2n) is 4.59. The van der Waals surface area contributed by atoms with Gasteiger partial charge >= 0.3 is 0 Å². The van der Waals surface area contributed by atoms with Crippen LogP contribution in [0.5, 0.6) is 0 Å². The van der Waals surface area contributed by atoms with Crippen molar-refractivity contribution in [2.75, 3.05) is 5.73 Å². The van der Waals surface area contributed by atoms with Crippen LogP contribution in [0.25, 0.3) is 10.2 Å². The molecule has 3 rings (SSSR count). The molecule has 22 heavy (non-hydrogen) atoms. The monoisotopic (exact) mass is 334 g/mol. The van der Waals surface area contributed by atoms with E-state index in [0.717, 1.165) is 10.2 Å². The van der Waals surface area contributed by atoms with Crippen molar-refractivity contribution in [3.8, 4) is 0 Å². The van der Waals surface area contributed by atoms with Crippen molar-refractivity contribution in [2.24, 2.45) is 0 Å². The van der Waals surface area contributed by atoms with E-state index in [1.54, 1.807) is 19.3 Å². The van der Waals surface area contributed by atoms with E-state index in [2.05, 4.69) is 15.3 Å². The molecule has 8 heteroatoms. The molecular weight excluding hydrogens is 320 g/mol. The number of carbonyl (C=O) groups excluding carboxylic acids is 1. The third-order valence-corrected chi connectivity index (χ3v) is 4.77. The second-order valence-corrected chi connectivity index (χ2v) is 6.79. The van der Waals surface area contributed by atoms with E-state index in [0.29, 0.717) is 23.3 Å². The van der Waals surface area contributed by atoms with Gasteiger partial charge in [-0.25, -0.2) is 9.97 Å². The summed E-state index contributed by atoms with van der Waals surface area (Å²) in [5, 5.41) is 5.77. The average molecular weight is 334 g/mol. The number of amides is 1. The number of hydrogen-bond acceptors (Lipinski definition) is 7. The molecule has 3 N–H and O–H groups in total. The summed E-state index contributed by atoms with van der Waals surface area (Å²) in [7, 11) is 0. The fourth-order valence-corrected chi connectivity index (χ4v) is 3.48. The van der Waals surface area contributed by atoms with Crippen LogP contribution < -0.4 is 11.1 Å². The minimum atomic E-state index is -0.327. The molecule has 0 fully saturated rings. The molecule has 1 atom stereocenters. The number of carbonyl (C=O) groups is 1. The molecule has 1 unspecified atom stereocenters. The summed E-state index contributed by atoms with van der Waals surface area (Å²) in [6.45, 7) is 2.17. The first kappa shape index (κ1) is 14.9. The van der Waals surface area contributed by atoms with Crippen LogP contribution in [0.1, 0.15) is 12.7 Å². The van der Waals surface area contributed by atoms with Crippen LogP contribution in [0.3, 0.4) is 0 Å². The molecule has 0 spiro atoms. The quantitative estimate of drug-likeness (QED) is 0.550. The van der Waals surface area contributed by atoms with Gasteiger partial charge in [-0.05, 0) is 30.5 Å². The van der Waals surface area contributed by atoms with Crippen LogP contribution in [0.4, 0.5) is 5.82 Å². The summed E-state index contributed by atoms with van der Waals surface area (Å²) in [5.74, 6) is 1.05. The fourth-order valence-electron chi connectivity index (χ4n) is 1.85. The minimum absolute atomic E-state index is 0.102. The highest BCUT2D eigenvalue weighted by molar-refractivity contribution is 8.00. The standard InChI is InChI=1S/C14H14N4O2S2/c1-8(12(19)16-7-9-3-2-5-20-9)22-14-17-11(15)10-4-6-21-13(10)18-14/h2-6,8H,7H2,1H3,(H,16,19)(H2,15,17,18). The van der Waals surface area contributed by atoms with Crippen LogP contribution in [-0.2, 0) is 11.3 Å². The zero-order valence-corrected chi connectivity index (χ0v) is 13.4. The summed E-state index contributed by atoms with van der Waals surface area (Å²) in [4.78, 5) is 21.6. The highest BCUT2D eigenvalue weighted by Crippen LogP contribution is 2.28. The number of nitrogens with two attached hydrogens (primary N) is 1. The zero-order valence-electron chi connectivity index (χ0n) is 11.8. The van der Waals surface area contributed by atoms with Gasteiger partial charge in [0.2, 0.25) is 5.91 Å². The van der Waals surface area contributed by atoms with Gasteiger partial charge in [0.1, 0.15) is 16.4 Å². The summed E-state index contributed by atoms with van der Waals surface area (Å²) < 4.78 is 5.18. The third kappa shape index (κ3) is 3.23. The lowest BCUT2D eigenvalue weighted by atomic mass is 10.4. The number of thioether (sulfide) groups is 1. The van der Waals surface area contributed by atoms with E-state index >= 15 is 0 Å². The van der Waals surface area contributed by atoms with Gasteiger partial charge in [0.25, 0.3) is 0 Å². The SMILES string of the molecule is CC(Sc1nc(N)c2ccsc2n1)C(=O)NCc1ccco1. The zero-order chi connectivity index (χ0) is 15.5. The van der Waals surface area contributed by atoms with Gasteiger partial charge in [-0.2, -0.15) is 0 Å². The van der Waals surface area contributed by atoms with Gasteiger partial charge in [-0.3, -0.25) is 4.79 Å². The first-order valence-corrected chi connectivity index (χ1v) is 8.37. The van der Waals surface area contributed by atoms with Crippen molar-refractivity contribution in [1.29, 1.82) is 0 Å². The maximum atomic E-state index is 12.1. The fraction of sp³-hybridized carbons (Fsp3) is 0.214. The number of thiophene rings is 1. The van der Waals surface area contributed by atoms with Gasteiger partial charge in [0.15, 0.2) is 5.16 Å². The lowest BCUT2D eigenvalue weighted by Crippen LogP contribution is -2.30. The Kier molecular flexibility index (Phi) is 4.30. The molecule has 0 aliphatic heterocycles. The van der Waals surface area contributed by atoms with Crippen molar-refractivity contribution in [3.63, 3.8) is 0 Å². The Labute approximate surface area is 135 Å². The van der Waals surface area contributed by atoms with E-state index < -0.39 is 0 Å². The van der Waals surface area contributed by atoms with Gasteiger partial charge in [0, 0.05) is 0 Å². The Hall–Kier alpha value is -2.06. The van der Waals surface area contributed by atoms with Crippen LogP contribution in [0.2, 0.25) is 0 Å². The molecular formula is C14H14N4O2S2. The van der Waals surface area contributed by atoms with Crippen LogP contribution in [0.15, 0.2) is 39.4 Å². The van der Waals surface area contributed by atoms with Crippen LogP contribution in [0, 0.1) is 0 Å². The molecule has 0 aliphatic carbocycles. The summed E-state index contributed by atoms with van der Waals surface area (Å²) in [6, 6.07) is 5.49. The van der Waals surface area contributed by atoms with Crippen molar-refractivity contribution < 1.29 is 9.21 Å². The van der Waals surface area contributed by atoms with Gasteiger partial charge in [-0.15, -0.1) is 11.3 Å². The second kappa shape index (κ2) is 6.37. The Morgan fingerprint density at radius 1 is 1.50 bits per heavy atom. The summed E-state index contributed by atoms with van der Waals surface area (Å²) >= 11 is 2.79. The van der Waals surface area contributed by atoms with E-state index in [1.807, 2.05) is 17.5 Å². The molecule has 3 heterocycles. The molecule has 0 saturated carbocycles. The number of fused-ring (bicyclic) bond motifs is 1. The topological polar surface area (TPSA) is 94.0 Å². The number of nitrogens with one attached hydrogen (secondary N) is 1. The van der Waals surface area contributed by atoms with Gasteiger partial charge < -0.3 is 15.5 Å². The van der Waals surface area contributed by atoms with Crippen molar-refractivity contribution in [1.82, 2.24) is 15.3 Å². The Morgan fingerprint density at radius 3 is 3.14 bits per heavy atom. The number of nitrogen functional groups attached to an aromatic ring is 1. The minimum Gasteiger partial charge on any atom is -0.467 e. The first-order chi connectivity index (χ1) is 10.6. The number of nitrogens with zero attached hydrogens (tertiary/aromatic N) is 2. The van der Waals surface area contributed by atoms with Crippen molar-refractivity contribution >= 4 is 45.0 Å². The lowest BCUT2D eigenvalue weighted by molar-refractivity contribution is -0.120. The molecule has 0 aliphatic rings. The predicted octanol–water partition coefficient (Wildman–Crippen LogP) is 2.66. The number of rotatable bonds is 5. The number of hydrogen-bond donors (Lipinski definition) is 2. The molecule has 114 valence electrons. The van der Waals surface area contributed by atoms with Crippen molar-refractivity contribution in [2.45, 2.75) is 23.9 Å². The van der Waals surface area contributed by atoms with E-state index in [9.17, 15) is 4.79 Å². The molecule has 0 radical (unpaired) electrons. The highest BCUT2D eigenvalue weighted by Gasteiger charge is 2.17. The molecule has 0 saturated heterocycles. The van der Waals surface area contributed by atoms with E-state index in [1.165, 1.54) is 23.1 Å². The molecule has 1 amide bonds. The maximum Gasteiger partial charge on any atom is 0.233 e. The smallest absolute Gasteiger partial charge is 0.233 e. The van der Waals surface area contributed by atoms with Crippen molar-refractivity contribution in [3.05, 3.63) is 35.6 Å². The number of aromatic nitrogens is 2. The Morgan fingerprint density at radius 2 is 2.36 bits per heavy atom. The molecule has 6 nitrogen and oxygen atoms in total. The van der Waals surface area contributed by atoms with Crippen LogP contribution in [-0.4, -0.2) is 21.1 Å². The Bertz CT molecular complexity index is 785. The molecule has 0 aromatic carbocycles. The summed E-state index contributed by atoms with van der Waals surface area (Å²) in [6.07, 6.45) is 1.58. The highest BCUT2D eigenvalue weighted by atomic mass is 32.2. The summed E-state index contributed by atoms with van der Waals surface area (Å²) in [5.41, 5.74) is 5.91. The predicted molar refractivity (Wildman–Crippen MR) is 87.7 cm³/mol. The largest absolute Gasteiger partial charge is 0.467 e.